The first-order valence-electron chi connectivity index (χ1n) is 6.63. The Labute approximate surface area is 114 Å². The summed E-state index contributed by atoms with van der Waals surface area (Å²) in [4.78, 5) is 5.82. The highest BCUT2D eigenvalue weighted by molar-refractivity contribution is 5.43. The molecule has 1 rings (SSSR count). The molecule has 0 aliphatic carbocycles. The third kappa shape index (κ3) is 4.76. The first-order valence-corrected chi connectivity index (χ1v) is 6.63. The Bertz CT molecular complexity index is 404. The fourth-order valence-electron chi connectivity index (χ4n) is 1.72. The molecule has 2 N–H and O–H groups in total. The predicted octanol–water partition coefficient (Wildman–Crippen LogP) is 1.93. The number of aliphatic hydroxyl groups is 1. The molecule has 0 atom stereocenters. The van der Waals surface area contributed by atoms with Crippen LogP contribution in [0.2, 0.25) is 0 Å². The van der Waals surface area contributed by atoms with Crippen molar-refractivity contribution < 1.29 is 9.50 Å². The van der Waals surface area contributed by atoms with Crippen LogP contribution in [0, 0.1) is 5.82 Å². The Morgan fingerprint density at radius 1 is 1.42 bits per heavy atom. The SMILES string of the molecule is CCN(CCO)c1nccc(CNC(C)(C)C)c1F. The molecular weight excluding hydrogens is 245 g/mol. The van der Waals surface area contributed by atoms with Crippen molar-refractivity contribution in [2.24, 2.45) is 0 Å². The third-order valence-electron chi connectivity index (χ3n) is 2.81. The standard InChI is InChI=1S/C14H24FN3O/c1-5-18(8-9-19)13-12(15)11(6-7-16-13)10-17-14(2,3)4/h6-7,17,19H,5,8-10H2,1-4H3. The number of halogens is 1. The Kier molecular flexibility index (Phi) is 5.69. The van der Waals surface area contributed by atoms with E-state index in [0.29, 0.717) is 31.0 Å². The highest BCUT2D eigenvalue weighted by Crippen LogP contribution is 2.19. The van der Waals surface area contributed by atoms with Crippen LogP contribution in [0.25, 0.3) is 0 Å². The van der Waals surface area contributed by atoms with Gasteiger partial charge in [0.2, 0.25) is 0 Å². The number of likely N-dealkylation sites (N-methyl/N-ethyl adjacent to an activating group) is 1. The summed E-state index contributed by atoms with van der Waals surface area (Å²) in [5.74, 6) is -0.000640. The van der Waals surface area contributed by atoms with Gasteiger partial charge in [0.1, 0.15) is 0 Å². The lowest BCUT2D eigenvalue weighted by Gasteiger charge is -2.24. The maximum Gasteiger partial charge on any atom is 0.170 e. The fraction of sp³-hybridized carbons (Fsp3) is 0.643. The van der Waals surface area contributed by atoms with Crippen molar-refractivity contribution in [2.75, 3.05) is 24.6 Å². The Hall–Kier alpha value is -1.20. The smallest absolute Gasteiger partial charge is 0.170 e. The average Bonchev–Trinajstić information content (AvgIpc) is 2.34. The number of hydrogen-bond donors (Lipinski definition) is 2. The average molecular weight is 269 g/mol. The van der Waals surface area contributed by atoms with Crippen LogP contribution in [0.3, 0.4) is 0 Å². The monoisotopic (exact) mass is 269 g/mol. The molecule has 1 aromatic heterocycles. The molecule has 1 aromatic rings. The van der Waals surface area contributed by atoms with Crippen LogP contribution in [-0.4, -0.2) is 35.3 Å². The number of nitrogens with one attached hydrogen (secondary N) is 1. The Morgan fingerprint density at radius 2 is 2.11 bits per heavy atom. The lowest BCUT2D eigenvalue weighted by Crippen LogP contribution is -2.35. The van der Waals surface area contributed by atoms with Gasteiger partial charge in [0.25, 0.3) is 0 Å². The van der Waals surface area contributed by atoms with Crippen molar-refractivity contribution >= 4 is 5.82 Å². The Balaban J connectivity index is 2.91. The highest BCUT2D eigenvalue weighted by atomic mass is 19.1. The van der Waals surface area contributed by atoms with Gasteiger partial charge in [0.05, 0.1) is 6.61 Å². The minimum Gasteiger partial charge on any atom is -0.395 e. The number of aliphatic hydroxyl groups excluding tert-OH is 1. The molecule has 0 bridgehead atoms. The van der Waals surface area contributed by atoms with Crippen LogP contribution in [0.1, 0.15) is 33.3 Å². The molecule has 0 amide bonds. The van der Waals surface area contributed by atoms with Gasteiger partial charge in [0, 0.05) is 36.9 Å². The zero-order chi connectivity index (χ0) is 14.5. The van der Waals surface area contributed by atoms with Crippen LogP contribution < -0.4 is 10.2 Å². The van der Waals surface area contributed by atoms with E-state index in [0.717, 1.165) is 0 Å². The molecule has 0 fully saturated rings. The summed E-state index contributed by atoms with van der Waals surface area (Å²) in [6, 6.07) is 1.68. The zero-order valence-corrected chi connectivity index (χ0v) is 12.2. The number of pyridine rings is 1. The van der Waals surface area contributed by atoms with Crippen LogP contribution >= 0.6 is 0 Å². The summed E-state index contributed by atoms with van der Waals surface area (Å²) >= 11 is 0. The molecule has 0 spiro atoms. The van der Waals surface area contributed by atoms with Gasteiger partial charge in [-0.05, 0) is 33.8 Å². The maximum atomic E-state index is 14.4. The minimum absolute atomic E-state index is 0.0145. The largest absolute Gasteiger partial charge is 0.395 e. The first-order chi connectivity index (χ1) is 8.89. The molecule has 108 valence electrons. The summed E-state index contributed by atoms with van der Waals surface area (Å²) in [6.45, 7) is 9.47. The normalized spacial score (nSPS) is 11.7. The van der Waals surface area contributed by atoms with E-state index >= 15 is 0 Å². The summed E-state index contributed by atoms with van der Waals surface area (Å²) < 4.78 is 14.4. The minimum atomic E-state index is -0.311. The molecule has 4 nitrogen and oxygen atoms in total. The number of anilines is 1. The molecule has 0 unspecified atom stereocenters. The lowest BCUT2D eigenvalue weighted by atomic mass is 10.1. The quantitative estimate of drug-likeness (QED) is 0.828. The molecule has 0 radical (unpaired) electrons. The second-order valence-electron chi connectivity index (χ2n) is 5.51. The first kappa shape index (κ1) is 15.9. The number of rotatable bonds is 6. The molecule has 5 heteroatoms. The number of nitrogens with zero attached hydrogens (tertiary/aromatic N) is 2. The molecule has 1 heterocycles. The van der Waals surface area contributed by atoms with E-state index in [9.17, 15) is 4.39 Å². The van der Waals surface area contributed by atoms with E-state index in [1.807, 2.05) is 27.7 Å². The van der Waals surface area contributed by atoms with Gasteiger partial charge >= 0.3 is 0 Å². The molecule has 0 aliphatic rings. The predicted molar refractivity (Wildman–Crippen MR) is 75.8 cm³/mol. The van der Waals surface area contributed by atoms with E-state index in [1.54, 1.807) is 17.2 Å². The fourth-order valence-corrected chi connectivity index (χ4v) is 1.72. The second-order valence-corrected chi connectivity index (χ2v) is 5.51. The summed E-state index contributed by atoms with van der Waals surface area (Å²) in [5, 5.41) is 12.3. The van der Waals surface area contributed by atoms with Gasteiger partial charge in [-0.2, -0.15) is 0 Å². The van der Waals surface area contributed by atoms with Gasteiger partial charge in [-0.15, -0.1) is 0 Å². The Morgan fingerprint density at radius 3 is 2.63 bits per heavy atom. The molecule has 19 heavy (non-hydrogen) atoms. The molecule has 0 saturated carbocycles. The maximum absolute atomic E-state index is 14.4. The van der Waals surface area contributed by atoms with Crippen molar-refractivity contribution in [2.45, 2.75) is 39.8 Å². The van der Waals surface area contributed by atoms with Crippen molar-refractivity contribution in [3.05, 3.63) is 23.6 Å². The molecular formula is C14H24FN3O. The second kappa shape index (κ2) is 6.82. The van der Waals surface area contributed by atoms with Crippen molar-refractivity contribution in [3.8, 4) is 0 Å². The molecule has 0 saturated heterocycles. The molecule has 0 aromatic carbocycles. The third-order valence-corrected chi connectivity index (χ3v) is 2.81. The van der Waals surface area contributed by atoms with Crippen molar-refractivity contribution in [3.63, 3.8) is 0 Å². The zero-order valence-electron chi connectivity index (χ0n) is 12.2. The van der Waals surface area contributed by atoms with E-state index in [1.165, 1.54) is 0 Å². The summed E-state index contributed by atoms with van der Waals surface area (Å²) in [5.41, 5.74) is 0.530. The van der Waals surface area contributed by atoms with Crippen LogP contribution in [0.4, 0.5) is 10.2 Å². The summed E-state index contributed by atoms with van der Waals surface area (Å²) in [6.07, 6.45) is 1.61. The number of hydrogen-bond acceptors (Lipinski definition) is 4. The van der Waals surface area contributed by atoms with E-state index in [-0.39, 0.29) is 18.0 Å². The van der Waals surface area contributed by atoms with Crippen LogP contribution in [0.5, 0.6) is 0 Å². The summed E-state index contributed by atoms with van der Waals surface area (Å²) in [7, 11) is 0. The van der Waals surface area contributed by atoms with Gasteiger partial charge in [-0.25, -0.2) is 9.37 Å². The molecule has 0 aliphatic heterocycles. The van der Waals surface area contributed by atoms with Gasteiger partial charge in [-0.3, -0.25) is 0 Å². The lowest BCUT2D eigenvalue weighted by molar-refractivity contribution is 0.301. The van der Waals surface area contributed by atoms with Gasteiger partial charge in [-0.1, -0.05) is 0 Å². The topological polar surface area (TPSA) is 48.4 Å². The van der Waals surface area contributed by atoms with Gasteiger partial charge < -0.3 is 15.3 Å². The van der Waals surface area contributed by atoms with Gasteiger partial charge in [0.15, 0.2) is 11.6 Å². The van der Waals surface area contributed by atoms with Crippen LogP contribution in [0.15, 0.2) is 12.3 Å². The number of aromatic nitrogens is 1. The van der Waals surface area contributed by atoms with Crippen molar-refractivity contribution in [1.82, 2.24) is 10.3 Å². The van der Waals surface area contributed by atoms with Crippen LogP contribution in [-0.2, 0) is 6.54 Å². The van der Waals surface area contributed by atoms with Crippen molar-refractivity contribution in [1.29, 1.82) is 0 Å². The van der Waals surface area contributed by atoms with E-state index in [2.05, 4.69) is 10.3 Å². The van der Waals surface area contributed by atoms with E-state index < -0.39 is 0 Å². The highest BCUT2D eigenvalue weighted by Gasteiger charge is 2.16. The van der Waals surface area contributed by atoms with E-state index in [4.69, 9.17) is 5.11 Å².